The van der Waals surface area contributed by atoms with Crippen LogP contribution in [0, 0.1) is 5.92 Å². The Morgan fingerprint density at radius 1 is 1.44 bits per heavy atom. The van der Waals surface area contributed by atoms with E-state index >= 15 is 0 Å². The van der Waals surface area contributed by atoms with E-state index in [2.05, 4.69) is 29.5 Å². The Morgan fingerprint density at radius 2 is 2.22 bits per heavy atom. The van der Waals surface area contributed by atoms with Crippen molar-refractivity contribution in [3.63, 3.8) is 0 Å². The van der Waals surface area contributed by atoms with Gasteiger partial charge in [-0.2, -0.15) is 0 Å². The van der Waals surface area contributed by atoms with Gasteiger partial charge in [0.1, 0.15) is 0 Å². The molecule has 1 saturated carbocycles. The van der Waals surface area contributed by atoms with E-state index in [0.29, 0.717) is 17.5 Å². The van der Waals surface area contributed by atoms with Gasteiger partial charge in [0.05, 0.1) is 11.3 Å². The second-order valence-corrected chi connectivity index (χ2v) is 5.32. The number of nitrogens with zero attached hydrogens (tertiary/aromatic N) is 1. The highest BCUT2D eigenvalue weighted by atomic mass is 16.1. The molecule has 1 aromatic heterocycles. The molecule has 0 saturated heterocycles. The molecule has 2 rings (SSSR count). The summed E-state index contributed by atoms with van der Waals surface area (Å²) in [7, 11) is 0. The van der Waals surface area contributed by atoms with Gasteiger partial charge >= 0.3 is 0 Å². The number of amides is 1. The van der Waals surface area contributed by atoms with E-state index in [1.807, 2.05) is 6.07 Å². The van der Waals surface area contributed by atoms with Gasteiger partial charge in [-0.15, -0.1) is 0 Å². The Kier molecular flexibility index (Phi) is 4.18. The third kappa shape index (κ3) is 4.02. The molecule has 1 amide bonds. The number of carbonyl (C=O) groups excluding carboxylic acids is 1. The lowest BCUT2D eigenvalue weighted by Gasteiger charge is -2.08. The second-order valence-electron chi connectivity index (χ2n) is 5.32. The van der Waals surface area contributed by atoms with Crippen LogP contribution in [-0.4, -0.2) is 23.5 Å². The molecule has 0 unspecified atom stereocenters. The van der Waals surface area contributed by atoms with Crippen molar-refractivity contribution >= 4 is 11.6 Å². The molecule has 1 aromatic rings. The van der Waals surface area contributed by atoms with Gasteiger partial charge in [-0.25, -0.2) is 0 Å². The summed E-state index contributed by atoms with van der Waals surface area (Å²) in [6, 6.07) is 2.45. The quantitative estimate of drug-likeness (QED) is 0.811. The SMILES string of the molecule is CC(C)CCNC(=O)c1cncc(NC2CC2)c1. The van der Waals surface area contributed by atoms with E-state index in [9.17, 15) is 4.79 Å². The summed E-state index contributed by atoms with van der Waals surface area (Å²) in [4.78, 5) is 16.0. The van der Waals surface area contributed by atoms with Crippen molar-refractivity contribution in [3.8, 4) is 0 Å². The third-order valence-corrected chi connectivity index (χ3v) is 2.96. The zero-order chi connectivity index (χ0) is 13.0. The molecule has 98 valence electrons. The van der Waals surface area contributed by atoms with E-state index in [4.69, 9.17) is 0 Å². The van der Waals surface area contributed by atoms with E-state index < -0.39 is 0 Å². The van der Waals surface area contributed by atoms with Gasteiger partial charge in [0.25, 0.3) is 5.91 Å². The number of hydrogen-bond donors (Lipinski definition) is 2. The van der Waals surface area contributed by atoms with Crippen LogP contribution in [-0.2, 0) is 0 Å². The zero-order valence-electron chi connectivity index (χ0n) is 11.1. The number of aromatic nitrogens is 1. The fraction of sp³-hybridized carbons (Fsp3) is 0.571. The monoisotopic (exact) mass is 247 g/mol. The predicted molar refractivity (Wildman–Crippen MR) is 72.7 cm³/mol. The van der Waals surface area contributed by atoms with Crippen molar-refractivity contribution in [2.24, 2.45) is 5.92 Å². The molecule has 1 aliphatic carbocycles. The van der Waals surface area contributed by atoms with Gasteiger partial charge in [-0.1, -0.05) is 13.8 Å². The summed E-state index contributed by atoms with van der Waals surface area (Å²) in [5.74, 6) is 0.564. The molecule has 0 bridgehead atoms. The second kappa shape index (κ2) is 5.85. The Bertz CT molecular complexity index is 413. The van der Waals surface area contributed by atoms with Crippen LogP contribution in [0.5, 0.6) is 0 Å². The molecular formula is C14H21N3O. The number of carbonyl (C=O) groups is 1. The summed E-state index contributed by atoms with van der Waals surface area (Å²) < 4.78 is 0. The van der Waals surface area contributed by atoms with Crippen molar-refractivity contribution in [1.82, 2.24) is 10.3 Å². The maximum absolute atomic E-state index is 11.9. The van der Waals surface area contributed by atoms with Crippen LogP contribution in [0.1, 0.15) is 43.5 Å². The van der Waals surface area contributed by atoms with Crippen LogP contribution in [0.3, 0.4) is 0 Å². The third-order valence-electron chi connectivity index (χ3n) is 2.96. The first kappa shape index (κ1) is 12.9. The Morgan fingerprint density at radius 3 is 2.89 bits per heavy atom. The van der Waals surface area contributed by atoms with Crippen molar-refractivity contribution < 1.29 is 4.79 Å². The predicted octanol–water partition coefficient (Wildman–Crippen LogP) is 2.43. The van der Waals surface area contributed by atoms with Crippen LogP contribution >= 0.6 is 0 Å². The van der Waals surface area contributed by atoms with Crippen LogP contribution < -0.4 is 10.6 Å². The van der Waals surface area contributed by atoms with E-state index in [-0.39, 0.29) is 5.91 Å². The molecule has 1 heterocycles. The summed E-state index contributed by atoms with van der Waals surface area (Å²) in [6.07, 6.45) is 6.81. The molecule has 0 aliphatic heterocycles. The zero-order valence-corrected chi connectivity index (χ0v) is 11.1. The number of rotatable bonds is 6. The molecule has 2 N–H and O–H groups in total. The van der Waals surface area contributed by atoms with E-state index in [1.54, 1.807) is 12.4 Å². The highest BCUT2D eigenvalue weighted by molar-refractivity contribution is 5.94. The first-order chi connectivity index (χ1) is 8.65. The van der Waals surface area contributed by atoms with Gasteiger partial charge in [-0.05, 0) is 31.2 Å². The molecular weight excluding hydrogens is 226 g/mol. The number of hydrogen-bond acceptors (Lipinski definition) is 3. The molecule has 0 aromatic carbocycles. The topological polar surface area (TPSA) is 54.0 Å². The van der Waals surface area contributed by atoms with Gasteiger partial charge in [0, 0.05) is 25.0 Å². The highest BCUT2D eigenvalue weighted by Gasteiger charge is 2.21. The molecule has 18 heavy (non-hydrogen) atoms. The number of nitrogens with one attached hydrogen (secondary N) is 2. The first-order valence-electron chi connectivity index (χ1n) is 6.65. The van der Waals surface area contributed by atoms with Gasteiger partial charge in [0.15, 0.2) is 0 Å². The van der Waals surface area contributed by atoms with E-state index in [0.717, 1.165) is 18.7 Å². The van der Waals surface area contributed by atoms with E-state index in [1.165, 1.54) is 12.8 Å². The maximum atomic E-state index is 11.9. The molecule has 1 aliphatic rings. The van der Waals surface area contributed by atoms with Crippen LogP contribution in [0.15, 0.2) is 18.5 Å². The number of anilines is 1. The fourth-order valence-electron chi connectivity index (χ4n) is 1.68. The summed E-state index contributed by atoms with van der Waals surface area (Å²) >= 11 is 0. The summed E-state index contributed by atoms with van der Waals surface area (Å²) in [5.41, 5.74) is 1.57. The summed E-state index contributed by atoms with van der Waals surface area (Å²) in [5, 5.41) is 6.26. The van der Waals surface area contributed by atoms with Crippen LogP contribution in [0.2, 0.25) is 0 Å². The molecule has 4 nitrogen and oxygen atoms in total. The van der Waals surface area contributed by atoms with Crippen molar-refractivity contribution in [3.05, 3.63) is 24.0 Å². The van der Waals surface area contributed by atoms with Crippen molar-refractivity contribution in [1.29, 1.82) is 0 Å². The molecule has 1 fully saturated rings. The minimum atomic E-state index is -0.0393. The average molecular weight is 247 g/mol. The maximum Gasteiger partial charge on any atom is 0.252 e. The lowest BCUT2D eigenvalue weighted by atomic mass is 10.1. The Labute approximate surface area is 108 Å². The fourth-order valence-corrected chi connectivity index (χ4v) is 1.68. The summed E-state index contributed by atoms with van der Waals surface area (Å²) in [6.45, 7) is 5.01. The lowest BCUT2D eigenvalue weighted by molar-refractivity contribution is 0.0951. The van der Waals surface area contributed by atoms with Crippen molar-refractivity contribution in [2.45, 2.75) is 39.2 Å². The Balaban J connectivity index is 1.88. The largest absolute Gasteiger partial charge is 0.381 e. The smallest absolute Gasteiger partial charge is 0.252 e. The standard InChI is InChI=1S/C14H21N3O/c1-10(2)5-6-16-14(18)11-7-13(9-15-8-11)17-12-3-4-12/h7-10,12,17H,3-6H2,1-2H3,(H,16,18). The number of pyridine rings is 1. The average Bonchev–Trinajstić information content (AvgIpc) is 3.13. The Hall–Kier alpha value is -1.58. The highest BCUT2D eigenvalue weighted by Crippen LogP contribution is 2.24. The first-order valence-corrected chi connectivity index (χ1v) is 6.65. The molecule has 0 atom stereocenters. The lowest BCUT2D eigenvalue weighted by Crippen LogP contribution is -2.25. The van der Waals surface area contributed by atoms with Gasteiger partial charge in [-0.3, -0.25) is 9.78 Å². The van der Waals surface area contributed by atoms with Gasteiger partial charge < -0.3 is 10.6 Å². The molecule has 0 radical (unpaired) electrons. The minimum Gasteiger partial charge on any atom is -0.381 e. The molecule has 0 spiro atoms. The minimum absolute atomic E-state index is 0.0393. The van der Waals surface area contributed by atoms with Crippen LogP contribution in [0.4, 0.5) is 5.69 Å². The van der Waals surface area contributed by atoms with Gasteiger partial charge in [0.2, 0.25) is 0 Å². The normalized spacial score (nSPS) is 14.6. The molecule has 4 heteroatoms. The van der Waals surface area contributed by atoms with Crippen molar-refractivity contribution in [2.75, 3.05) is 11.9 Å². The van der Waals surface area contributed by atoms with Crippen LogP contribution in [0.25, 0.3) is 0 Å².